The third-order valence-electron chi connectivity index (χ3n) is 4.59. The van der Waals surface area contributed by atoms with Crippen molar-refractivity contribution >= 4 is 11.8 Å². The molecular formula is C17H23N3O3. The Bertz CT molecular complexity index is 573. The SMILES string of the molecule is COc1ccc(C2CCCN2CC(=O)N2CCNC(=O)C2)cc1. The van der Waals surface area contributed by atoms with E-state index >= 15 is 0 Å². The average molecular weight is 317 g/mol. The fraction of sp³-hybridized carbons (Fsp3) is 0.529. The van der Waals surface area contributed by atoms with Crippen molar-refractivity contribution in [3.8, 4) is 5.75 Å². The smallest absolute Gasteiger partial charge is 0.239 e. The minimum Gasteiger partial charge on any atom is -0.497 e. The minimum atomic E-state index is -0.0715. The van der Waals surface area contributed by atoms with Gasteiger partial charge in [0, 0.05) is 19.1 Å². The first-order valence-electron chi connectivity index (χ1n) is 8.10. The van der Waals surface area contributed by atoms with Crippen LogP contribution >= 0.6 is 0 Å². The molecular weight excluding hydrogens is 294 g/mol. The molecule has 2 saturated heterocycles. The highest BCUT2D eigenvalue weighted by molar-refractivity contribution is 5.86. The third kappa shape index (κ3) is 3.64. The Labute approximate surface area is 136 Å². The number of carbonyl (C=O) groups is 2. The van der Waals surface area contributed by atoms with Crippen molar-refractivity contribution in [2.75, 3.05) is 39.8 Å². The zero-order valence-corrected chi connectivity index (χ0v) is 13.5. The molecule has 0 saturated carbocycles. The zero-order chi connectivity index (χ0) is 16.2. The number of ether oxygens (including phenoxy) is 1. The van der Waals surface area contributed by atoms with Crippen LogP contribution < -0.4 is 10.1 Å². The van der Waals surface area contributed by atoms with Crippen molar-refractivity contribution in [3.05, 3.63) is 29.8 Å². The maximum absolute atomic E-state index is 12.5. The summed E-state index contributed by atoms with van der Waals surface area (Å²) in [5, 5.41) is 2.75. The summed E-state index contributed by atoms with van der Waals surface area (Å²) >= 11 is 0. The molecule has 1 aromatic carbocycles. The summed E-state index contributed by atoms with van der Waals surface area (Å²) in [4.78, 5) is 27.8. The lowest BCUT2D eigenvalue weighted by Gasteiger charge is -2.30. The van der Waals surface area contributed by atoms with E-state index in [4.69, 9.17) is 4.74 Å². The maximum Gasteiger partial charge on any atom is 0.239 e. The van der Waals surface area contributed by atoms with E-state index in [0.717, 1.165) is 25.1 Å². The lowest BCUT2D eigenvalue weighted by molar-refractivity contribution is -0.139. The van der Waals surface area contributed by atoms with Crippen LogP contribution in [0.2, 0.25) is 0 Å². The second kappa shape index (κ2) is 7.00. The Hall–Kier alpha value is -2.08. The number of hydrogen-bond donors (Lipinski definition) is 1. The van der Waals surface area contributed by atoms with E-state index in [0.29, 0.717) is 19.6 Å². The molecule has 0 bridgehead atoms. The Morgan fingerprint density at radius 2 is 2.09 bits per heavy atom. The molecule has 0 aromatic heterocycles. The number of nitrogens with one attached hydrogen (secondary N) is 1. The van der Waals surface area contributed by atoms with E-state index in [-0.39, 0.29) is 24.4 Å². The average Bonchev–Trinajstić information content (AvgIpc) is 3.03. The number of benzene rings is 1. The summed E-state index contributed by atoms with van der Waals surface area (Å²) in [7, 11) is 1.66. The molecule has 23 heavy (non-hydrogen) atoms. The summed E-state index contributed by atoms with van der Waals surface area (Å²) in [6.45, 7) is 2.63. The van der Waals surface area contributed by atoms with Crippen LogP contribution in [0.1, 0.15) is 24.4 Å². The van der Waals surface area contributed by atoms with Gasteiger partial charge in [0.15, 0.2) is 0 Å². The topological polar surface area (TPSA) is 61.9 Å². The molecule has 1 aromatic rings. The number of nitrogens with zero attached hydrogens (tertiary/aromatic N) is 2. The fourth-order valence-corrected chi connectivity index (χ4v) is 3.34. The van der Waals surface area contributed by atoms with Crippen molar-refractivity contribution in [1.29, 1.82) is 0 Å². The molecule has 0 spiro atoms. The lowest BCUT2D eigenvalue weighted by atomic mass is 10.0. The van der Waals surface area contributed by atoms with Crippen LogP contribution in [0.15, 0.2) is 24.3 Å². The largest absolute Gasteiger partial charge is 0.497 e. The molecule has 2 fully saturated rings. The van der Waals surface area contributed by atoms with Crippen LogP contribution in [0.4, 0.5) is 0 Å². The molecule has 0 aliphatic carbocycles. The van der Waals surface area contributed by atoms with Gasteiger partial charge in [-0.25, -0.2) is 0 Å². The highest BCUT2D eigenvalue weighted by Gasteiger charge is 2.30. The number of hydrogen-bond acceptors (Lipinski definition) is 4. The minimum absolute atomic E-state index is 0.0419. The monoisotopic (exact) mass is 317 g/mol. The first kappa shape index (κ1) is 15.8. The van der Waals surface area contributed by atoms with Crippen molar-refractivity contribution in [3.63, 3.8) is 0 Å². The lowest BCUT2D eigenvalue weighted by Crippen LogP contribution is -2.52. The molecule has 2 aliphatic rings. The summed E-state index contributed by atoms with van der Waals surface area (Å²) < 4.78 is 5.20. The number of piperazine rings is 1. The molecule has 3 rings (SSSR count). The van der Waals surface area contributed by atoms with E-state index in [1.54, 1.807) is 12.0 Å². The Morgan fingerprint density at radius 3 is 2.78 bits per heavy atom. The molecule has 2 heterocycles. The first-order valence-corrected chi connectivity index (χ1v) is 8.10. The van der Waals surface area contributed by atoms with Gasteiger partial charge in [0.1, 0.15) is 5.75 Å². The molecule has 1 unspecified atom stereocenters. The van der Waals surface area contributed by atoms with E-state index in [1.165, 1.54) is 5.56 Å². The highest BCUT2D eigenvalue weighted by atomic mass is 16.5. The summed E-state index contributed by atoms with van der Waals surface area (Å²) in [5.74, 6) is 0.812. The van der Waals surface area contributed by atoms with Gasteiger partial charge in [-0.1, -0.05) is 12.1 Å². The van der Waals surface area contributed by atoms with Crippen LogP contribution in [0.5, 0.6) is 5.75 Å². The van der Waals surface area contributed by atoms with Crippen LogP contribution in [0, 0.1) is 0 Å². The van der Waals surface area contributed by atoms with E-state index in [1.807, 2.05) is 12.1 Å². The van der Waals surface area contributed by atoms with E-state index in [9.17, 15) is 9.59 Å². The normalized spacial score (nSPS) is 22.0. The number of amides is 2. The summed E-state index contributed by atoms with van der Waals surface area (Å²) in [6, 6.07) is 8.33. The molecule has 6 nitrogen and oxygen atoms in total. The van der Waals surface area contributed by atoms with Gasteiger partial charge in [0.2, 0.25) is 11.8 Å². The Morgan fingerprint density at radius 1 is 1.30 bits per heavy atom. The van der Waals surface area contributed by atoms with Crippen LogP contribution in [0.3, 0.4) is 0 Å². The molecule has 2 aliphatic heterocycles. The number of likely N-dealkylation sites (tertiary alicyclic amines) is 1. The van der Waals surface area contributed by atoms with Gasteiger partial charge < -0.3 is 15.0 Å². The van der Waals surface area contributed by atoms with Crippen molar-refractivity contribution in [1.82, 2.24) is 15.1 Å². The van der Waals surface area contributed by atoms with Gasteiger partial charge in [-0.2, -0.15) is 0 Å². The van der Waals surface area contributed by atoms with Gasteiger partial charge in [-0.05, 0) is 37.1 Å². The fourth-order valence-electron chi connectivity index (χ4n) is 3.34. The predicted molar refractivity (Wildman–Crippen MR) is 86.1 cm³/mol. The maximum atomic E-state index is 12.5. The molecule has 124 valence electrons. The van der Waals surface area contributed by atoms with Gasteiger partial charge in [-0.15, -0.1) is 0 Å². The number of rotatable bonds is 4. The first-order chi connectivity index (χ1) is 11.2. The summed E-state index contributed by atoms with van der Waals surface area (Å²) in [6.07, 6.45) is 2.14. The van der Waals surface area contributed by atoms with Crippen LogP contribution in [-0.4, -0.2) is 61.4 Å². The van der Waals surface area contributed by atoms with Crippen molar-refractivity contribution in [2.45, 2.75) is 18.9 Å². The Balaban J connectivity index is 1.64. The van der Waals surface area contributed by atoms with Gasteiger partial charge in [-0.3, -0.25) is 14.5 Å². The second-order valence-electron chi connectivity index (χ2n) is 6.07. The van der Waals surface area contributed by atoms with Crippen molar-refractivity contribution in [2.24, 2.45) is 0 Å². The molecule has 0 radical (unpaired) electrons. The van der Waals surface area contributed by atoms with Crippen molar-refractivity contribution < 1.29 is 14.3 Å². The zero-order valence-electron chi connectivity index (χ0n) is 13.5. The third-order valence-corrected chi connectivity index (χ3v) is 4.59. The van der Waals surface area contributed by atoms with Gasteiger partial charge in [0.05, 0.1) is 20.2 Å². The van der Waals surface area contributed by atoms with Gasteiger partial charge >= 0.3 is 0 Å². The highest BCUT2D eigenvalue weighted by Crippen LogP contribution is 2.32. The number of methoxy groups -OCH3 is 1. The second-order valence-corrected chi connectivity index (χ2v) is 6.07. The molecule has 1 atom stereocenters. The number of carbonyl (C=O) groups excluding carboxylic acids is 2. The van der Waals surface area contributed by atoms with Crippen LogP contribution in [-0.2, 0) is 9.59 Å². The van der Waals surface area contributed by atoms with E-state index < -0.39 is 0 Å². The van der Waals surface area contributed by atoms with Gasteiger partial charge in [0.25, 0.3) is 0 Å². The van der Waals surface area contributed by atoms with E-state index in [2.05, 4.69) is 22.3 Å². The standard InChI is InChI=1S/C17H23N3O3/c1-23-14-6-4-13(5-7-14)15-3-2-9-19(15)12-17(22)20-10-8-18-16(21)11-20/h4-7,15H,2-3,8-12H2,1H3,(H,18,21). The van der Waals surface area contributed by atoms with Crippen LogP contribution in [0.25, 0.3) is 0 Å². The summed E-state index contributed by atoms with van der Waals surface area (Å²) in [5.41, 5.74) is 1.22. The Kier molecular flexibility index (Phi) is 4.81. The molecule has 6 heteroatoms. The predicted octanol–water partition coefficient (Wildman–Crippen LogP) is 0.791. The molecule has 1 N–H and O–H groups in total. The molecule has 2 amide bonds. The quantitative estimate of drug-likeness (QED) is 0.892.